The Hall–Kier alpha value is -1.66. The summed E-state index contributed by atoms with van der Waals surface area (Å²) in [6, 6.07) is 6.38. The van der Waals surface area contributed by atoms with Gasteiger partial charge in [-0.25, -0.2) is 9.18 Å². The quantitative estimate of drug-likeness (QED) is 0.865. The van der Waals surface area contributed by atoms with Gasteiger partial charge in [0.2, 0.25) is 0 Å². The SMILES string of the molecule is CN(CCNC(=O)N1CCC(O)CC1)Cc1ccc(F)cc1. The number of aliphatic hydroxyl groups is 1. The minimum absolute atomic E-state index is 0.0675. The highest BCUT2D eigenvalue weighted by Gasteiger charge is 2.20. The minimum atomic E-state index is -0.272. The Balaban J connectivity index is 1.65. The maximum Gasteiger partial charge on any atom is 0.317 e. The monoisotopic (exact) mass is 309 g/mol. The van der Waals surface area contributed by atoms with E-state index in [0.29, 0.717) is 39.0 Å². The van der Waals surface area contributed by atoms with E-state index in [0.717, 1.165) is 12.1 Å². The van der Waals surface area contributed by atoms with E-state index in [9.17, 15) is 14.3 Å². The van der Waals surface area contributed by atoms with Crippen molar-refractivity contribution in [3.05, 3.63) is 35.6 Å². The van der Waals surface area contributed by atoms with E-state index in [4.69, 9.17) is 0 Å². The summed E-state index contributed by atoms with van der Waals surface area (Å²) in [5.41, 5.74) is 1.04. The molecule has 0 aliphatic carbocycles. The van der Waals surface area contributed by atoms with E-state index in [1.165, 1.54) is 12.1 Å². The number of amides is 2. The number of benzene rings is 1. The lowest BCUT2D eigenvalue weighted by molar-refractivity contribution is 0.0935. The number of carbonyl (C=O) groups is 1. The van der Waals surface area contributed by atoms with Crippen molar-refractivity contribution in [2.45, 2.75) is 25.5 Å². The molecule has 0 bridgehead atoms. The Kier molecular flexibility index (Phi) is 6.15. The van der Waals surface area contributed by atoms with E-state index in [1.807, 2.05) is 7.05 Å². The van der Waals surface area contributed by atoms with Gasteiger partial charge in [-0.15, -0.1) is 0 Å². The first-order valence-electron chi connectivity index (χ1n) is 7.68. The third kappa shape index (κ3) is 5.27. The highest BCUT2D eigenvalue weighted by molar-refractivity contribution is 5.74. The molecule has 1 heterocycles. The molecule has 1 aromatic rings. The van der Waals surface area contributed by atoms with Crippen molar-refractivity contribution in [2.75, 3.05) is 33.2 Å². The molecule has 0 saturated carbocycles. The van der Waals surface area contributed by atoms with Gasteiger partial charge >= 0.3 is 6.03 Å². The summed E-state index contributed by atoms with van der Waals surface area (Å²) in [6.07, 6.45) is 1.03. The molecule has 6 heteroatoms. The number of carbonyl (C=O) groups excluding carboxylic acids is 1. The van der Waals surface area contributed by atoms with E-state index in [2.05, 4.69) is 10.2 Å². The first-order valence-corrected chi connectivity index (χ1v) is 7.68. The zero-order valence-electron chi connectivity index (χ0n) is 13.0. The van der Waals surface area contributed by atoms with Crippen molar-refractivity contribution in [1.82, 2.24) is 15.1 Å². The van der Waals surface area contributed by atoms with Gasteiger partial charge < -0.3 is 20.2 Å². The smallest absolute Gasteiger partial charge is 0.317 e. The molecule has 1 aromatic carbocycles. The van der Waals surface area contributed by atoms with Crippen LogP contribution in [0.15, 0.2) is 24.3 Å². The predicted molar refractivity (Wildman–Crippen MR) is 82.9 cm³/mol. The molecule has 122 valence electrons. The first kappa shape index (κ1) is 16.7. The summed E-state index contributed by atoms with van der Waals surface area (Å²) < 4.78 is 12.8. The highest BCUT2D eigenvalue weighted by atomic mass is 19.1. The number of rotatable bonds is 5. The van der Waals surface area contributed by atoms with Crippen LogP contribution in [0.1, 0.15) is 18.4 Å². The Morgan fingerprint density at radius 1 is 1.36 bits per heavy atom. The number of piperidine rings is 1. The van der Waals surface area contributed by atoms with E-state index in [-0.39, 0.29) is 18.0 Å². The Labute approximate surface area is 130 Å². The molecular formula is C16H24FN3O2. The first-order chi connectivity index (χ1) is 10.5. The number of hydrogen-bond donors (Lipinski definition) is 2. The lowest BCUT2D eigenvalue weighted by Crippen LogP contribution is -2.46. The van der Waals surface area contributed by atoms with Gasteiger partial charge in [0.25, 0.3) is 0 Å². The molecule has 22 heavy (non-hydrogen) atoms. The van der Waals surface area contributed by atoms with Crippen molar-refractivity contribution >= 4 is 6.03 Å². The molecule has 2 rings (SSSR count). The Morgan fingerprint density at radius 3 is 2.64 bits per heavy atom. The number of halogens is 1. The number of aliphatic hydroxyl groups excluding tert-OH is 1. The fourth-order valence-corrected chi connectivity index (χ4v) is 2.51. The number of nitrogens with zero attached hydrogens (tertiary/aromatic N) is 2. The molecule has 1 aliphatic rings. The number of likely N-dealkylation sites (tertiary alicyclic amines) is 1. The third-order valence-electron chi connectivity index (χ3n) is 3.89. The van der Waals surface area contributed by atoms with Gasteiger partial charge in [0, 0.05) is 32.7 Å². The Morgan fingerprint density at radius 2 is 2.00 bits per heavy atom. The minimum Gasteiger partial charge on any atom is -0.393 e. The van der Waals surface area contributed by atoms with Crippen molar-refractivity contribution in [3.63, 3.8) is 0 Å². The largest absolute Gasteiger partial charge is 0.393 e. The second-order valence-electron chi connectivity index (χ2n) is 5.81. The summed E-state index contributed by atoms with van der Waals surface area (Å²) >= 11 is 0. The van der Waals surface area contributed by atoms with Gasteiger partial charge in [0.1, 0.15) is 5.82 Å². The number of nitrogens with one attached hydrogen (secondary N) is 1. The molecule has 1 fully saturated rings. The second-order valence-corrected chi connectivity index (χ2v) is 5.81. The van der Waals surface area contributed by atoms with Crippen molar-refractivity contribution < 1.29 is 14.3 Å². The fraction of sp³-hybridized carbons (Fsp3) is 0.562. The normalized spacial score (nSPS) is 16.1. The van der Waals surface area contributed by atoms with Crippen LogP contribution in [0.4, 0.5) is 9.18 Å². The van der Waals surface area contributed by atoms with Crippen molar-refractivity contribution in [3.8, 4) is 0 Å². The van der Waals surface area contributed by atoms with E-state index in [1.54, 1.807) is 17.0 Å². The van der Waals surface area contributed by atoms with Crippen LogP contribution in [0.5, 0.6) is 0 Å². The standard InChI is InChI=1S/C16H24FN3O2/c1-19(12-13-2-4-14(17)5-3-13)11-8-18-16(22)20-9-6-15(21)7-10-20/h2-5,15,21H,6-12H2,1H3,(H,18,22). The molecule has 0 spiro atoms. The number of likely N-dealkylation sites (N-methyl/N-ethyl adjacent to an activating group) is 1. The fourth-order valence-electron chi connectivity index (χ4n) is 2.51. The number of hydrogen-bond acceptors (Lipinski definition) is 3. The molecule has 1 aliphatic heterocycles. The van der Waals surface area contributed by atoms with Crippen LogP contribution < -0.4 is 5.32 Å². The van der Waals surface area contributed by atoms with Crippen LogP contribution in [-0.2, 0) is 6.54 Å². The average molecular weight is 309 g/mol. The lowest BCUT2D eigenvalue weighted by atomic mass is 10.1. The molecule has 2 N–H and O–H groups in total. The lowest BCUT2D eigenvalue weighted by Gasteiger charge is -2.29. The summed E-state index contributed by atoms with van der Waals surface area (Å²) in [5.74, 6) is -0.231. The van der Waals surface area contributed by atoms with Crippen LogP contribution in [0, 0.1) is 5.82 Å². The third-order valence-corrected chi connectivity index (χ3v) is 3.89. The average Bonchev–Trinajstić information content (AvgIpc) is 2.50. The maximum atomic E-state index is 12.8. The van der Waals surface area contributed by atoms with Crippen LogP contribution in [0.2, 0.25) is 0 Å². The van der Waals surface area contributed by atoms with Crippen molar-refractivity contribution in [1.29, 1.82) is 0 Å². The molecule has 0 atom stereocenters. The number of urea groups is 1. The molecule has 0 aromatic heterocycles. The van der Waals surface area contributed by atoms with Gasteiger partial charge in [0.15, 0.2) is 0 Å². The van der Waals surface area contributed by atoms with Crippen molar-refractivity contribution in [2.24, 2.45) is 0 Å². The molecule has 0 radical (unpaired) electrons. The van der Waals surface area contributed by atoms with Gasteiger partial charge in [-0.2, -0.15) is 0 Å². The van der Waals surface area contributed by atoms with Crippen LogP contribution in [-0.4, -0.2) is 60.3 Å². The Bertz CT molecular complexity index is 473. The topological polar surface area (TPSA) is 55.8 Å². The van der Waals surface area contributed by atoms with Crippen LogP contribution in [0.3, 0.4) is 0 Å². The van der Waals surface area contributed by atoms with Gasteiger partial charge in [0.05, 0.1) is 6.10 Å². The summed E-state index contributed by atoms with van der Waals surface area (Å²) in [4.78, 5) is 15.8. The summed E-state index contributed by atoms with van der Waals surface area (Å²) in [7, 11) is 1.97. The molecular weight excluding hydrogens is 285 g/mol. The van der Waals surface area contributed by atoms with Crippen LogP contribution in [0.25, 0.3) is 0 Å². The molecule has 1 saturated heterocycles. The predicted octanol–water partition coefficient (Wildman–Crippen LogP) is 1.42. The van der Waals surface area contributed by atoms with Gasteiger partial charge in [-0.1, -0.05) is 12.1 Å². The molecule has 0 unspecified atom stereocenters. The molecule has 2 amide bonds. The maximum absolute atomic E-state index is 12.8. The van der Waals surface area contributed by atoms with Crippen LogP contribution >= 0.6 is 0 Å². The zero-order chi connectivity index (χ0) is 15.9. The summed E-state index contributed by atoms with van der Waals surface area (Å²) in [6.45, 7) is 3.22. The van der Waals surface area contributed by atoms with Gasteiger partial charge in [-0.05, 0) is 37.6 Å². The van der Waals surface area contributed by atoms with E-state index >= 15 is 0 Å². The zero-order valence-corrected chi connectivity index (χ0v) is 13.0. The highest BCUT2D eigenvalue weighted by Crippen LogP contribution is 2.09. The van der Waals surface area contributed by atoms with E-state index < -0.39 is 0 Å². The summed E-state index contributed by atoms with van der Waals surface area (Å²) in [5, 5.41) is 12.3. The molecule has 5 nitrogen and oxygen atoms in total. The van der Waals surface area contributed by atoms with Gasteiger partial charge in [-0.3, -0.25) is 0 Å². The second kappa shape index (κ2) is 8.10.